The number of rotatable bonds is 4. The lowest BCUT2D eigenvalue weighted by Gasteiger charge is -2.21. The molecule has 3 rings (SSSR count). The van der Waals surface area contributed by atoms with Crippen molar-refractivity contribution in [1.82, 2.24) is 14.5 Å². The van der Waals surface area contributed by atoms with Gasteiger partial charge in [-0.3, -0.25) is 9.88 Å². The number of amides is 1. The van der Waals surface area contributed by atoms with Crippen LogP contribution in [0.3, 0.4) is 0 Å². The zero-order chi connectivity index (χ0) is 17.3. The first-order chi connectivity index (χ1) is 11.6. The van der Waals surface area contributed by atoms with E-state index in [1.165, 1.54) is 7.11 Å². The first kappa shape index (κ1) is 16.1. The number of aryl methyl sites for hydroxylation is 1. The number of carbonyl (C=O) groups is 1. The van der Waals surface area contributed by atoms with E-state index < -0.39 is 0 Å². The Bertz CT molecular complexity index is 901. The summed E-state index contributed by atoms with van der Waals surface area (Å²) in [5.41, 5.74) is 2.94. The quantitative estimate of drug-likeness (QED) is 0.735. The van der Waals surface area contributed by atoms with Gasteiger partial charge in [-0.2, -0.15) is 0 Å². The smallest absolute Gasteiger partial charge is 0.410 e. The van der Waals surface area contributed by atoms with Gasteiger partial charge in [0, 0.05) is 29.6 Å². The first-order valence-electron chi connectivity index (χ1n) is 7.85. The standard InChI is InChI=1S/C18H21N3O3/c1-5-20(18(22)24-4)11-21-16-10-13(23-3)6-7-14(16)15-8-9-19-12(2)17(15)21/h6-10H,5,11H2,1-4H3. The summed E-state index contributed by atoms with van der Waals surface area (Å²) in [6, 6.07) is 7.97. The average Bonchev–Trinajstić information content (AvgIpc) is 2.93. The Labute approximate surface area is 140 Å². The maximum atomic E-state index is 12.0. The number of carbonyl (C=O) groups excluding carboxylic acids is 1. The molecule has 1 amide bonds. The molecule has 3 aromatic rings. The lowest BCUT2D eigenvalue weighted by Crippen LogP contribution is -2.32. The van der Waals surface area contributed by atoms with Gasteiger partial charge in [-0.25, -0.2) is 4.79 Å². The predicted octanol–water partition coefficient (Wildman–Crippen LogP) is 3.55. The molecule has 0 unspecified atom stereocenters. The molecule has 0 N–H and O–H groups in total. The molecule has 2 aromatic heterocycles. The Morgan fingerprint density at radius 1 is 1.25 bits per heavy atom. The second-order valence-electron chi connectivity index (χ2n) is 5.57. The fourth-order valence-electron chi connectivity index (χ4n) is 3.06. The van der Waals surface area contributed by atoms with Crippen LogP contribution in [0.1, 0.15) is 12.6 Å². The molecule has 1 aromatic carbocycles. The molecule has 0 aliphatic carbocycles. The number of methoxy groups -OCH3 is 2. The summed E-state index contributed by atoms with van der Waals surface area (Å²) in [7, 11) is 3.04. The van der Waals surface area contributed by atoms with Gasteiger partial charge >= 0.3 is 6.09 Å². The maximum Gasteiger partial charge on any atom is 0.410 e. The van der Waals surface area contributed by atoms with Gasteiger partial charge in [-0.1, -0.05) is 0 Å². The minimum atomic E-state index is -0.350. The van der Waals surface area contributed by atoms with Crippen LogP contribution in [0.25, 0.3) is 21.8 Å². The van der Waals surface area contributed by atoms with Crippen molar-refractivity contribution in [3.05, 3.63) is 36.2 Å². The van der Waals surface area contributed by atoms with Gasteiger partial charge in [0.15, 0.2) is 0 Å². The van der Waals surface area contributed by atoms with E-state index in [1.807, 2.05) is 44.3 Å². The largest absolute Gasteiger partial charge is 0.497 e. The van der Waals surface area contributed by atoms with Crippen molar-refractivity contribution in [2.24, 2.45) is 0 Å². The Morgan fingerprint density at radius 3 is 2.71 bits per heavy atom. The zero-order valence-electron chi connectivity index (χ0n) is 14.4. The first-order valence-corrected chi connectivity index (χ1v) is 7.85. The van der Waals surface area contributed by atoms with Crippen molar-refractivity contribution < 1.29 is 14.3 Å². The molecule has 0 saturated carbocycles. The molecule has 24 heavy (non-hydrogen) atoms. The Balaban J connectivity index is 2.27. The number of hydrogen-bond acceptors (Lipinski definition) is 4. The highest BCUT2D eigenvalue weighted by molar-refractivity contribution is 6.09. The Hall–Kier alpha value is -2.76. The fourth-order valence-corrected chi connectivity index (χ4v) is 3.06. The van der Waals surface area contributed by atoms with E-state index in [-0.39, 0.29) is 6.09 Å². The Morgan fingerprint density at radius 2 is 2.04 bits per heavy atom. The third-order valence-corrected chi connectivity index (χ3v) is 4.29. The topological polar surface area (TPSA) is 56.6 Å². The number of fused-ring (bicyclic) bond motifs is 3. The van der Waals surface area contributed by atoms with E-state index in [4.69, 9.17) is 9.47 Å². The lowest BCUT2D eigenvalue weighted by atomic mass is 10.1. The normalized spacial score (nSPS) is 11.0. The Kier molecular flexibility index (Phi) is 4.29. The van der Waals surface area contributed by atoms with Crippen LogP contribution in [0.2, 0.25) is 0 Å². The highest BCUT2D eigenvalue weighted by Gasteiger charge is 2.18. The molecule has 0 aliphatic heterocycles. The summed E-state index contributed by atoms with van der Waals surface area (Å²) in [4.78, 5) is 18.1. The van der Waals surface area contributed by atoms with Crippen molar-refractivity contribution in [3.8, 4) is 5.75 Å². The molecular weight excluding hydrogens is 306 g/mol. The van der Waals surface area contributed by atoms with Crippen LogP contribution in [0.5, 0.6) is 5.75 Å². The number of ether oxygens (including phenoxy) is 2. The maximum absolute atomic E-state index is 12.0. The van der Waals surface area contributed by atoms with Crippen LogP contribution in [-0.4, -0.2) is 41.3 Å². The van der Waals surface area contributed by atoms with Gasteiger partial charge < -0.3 is 14.0 Å². The molecule has 0 saturated heterocycles. The molecule has 0 spiro atoms. The third kappa shape index (κ3) is 2.54. The van der Waals surface area contributed by atoms with Gasteiger partial charge in [0.2, 0.25) is 0 Å². The van der Waals surface area contributed by atoms with E-state index in [9.17, 15) is 4.79 Å². The summed E-state index contributed by atoms with van der Waals surface area (Å²) in [6.45, 7) is 4.85. The van der Waals surface area contributed by atoms with E-state index >= 15 is 0 Å². The summed E-state index contributed by atoms with van der Waals surface area (Å²) >= 11 is 0. The molecule has 6 nitrogen and oxygen atoms in total. The lowest BCUT2D eigenvalue weighted by molar-refractivity contribution is 0.115. The van der Waals surface area contributed by atoms with Crippen LogP contribution in [0.15, 0.2) is 30.5 Å². The van der Waals surface area contributed by atoms with Crippen molar-refractivity contribution in [1.29, 1.82) is 0 Å². The van der Waals surface area contributed by atoms with Gasteiger partial charge in [-0.05, 0) is 32.0 Å². The number of hydrogen-bond donors (Lipinski definition) is 0. The predicted molar refractivity (Wildman–Crippen MR) is 93.3 cm³/mol. The summed E-state index contributed by atoms with van der Waals surface area (Å²) in [6.07, 6.45) is 1.46. The summed E-state index contributed by atoms with van der Waals surface area (Å²) in [5, 5.41) is 2.22. The minimum absolute atomic E-state index is 0.350. The van der Waals surface area contributed by atoms with Gasteiger partial charge in [-0.15, -0.1) is 0 Å². The van der Waals surface area contributed by atoms with E-state index in [0.717, 1.165) is 33.2 Å². The summed E-state index contributed by atoms with van der Waals surface area (Å²) in [5.74, 6) is 0.776. The average molecular weight is 327 g/mol. The summed E-state index contributed by atoms with van der Waals surface area (Å²) < 4.78 is 12.3. The van der Waals surface area contributed by atoms with Crippen LogP contribution in [0.4, 0.5) is 4.79 Å². The minimum Gasteiger partial charge on any atom is -0.497 e. The second-order valence-corrected chi connectivity index (χ2v) is 5.57. The molecule has 6 heteroatoms. The van der Waals surface area contributed by atoms with E-state index in [1.54, 1.807) is 12.0 Å². The van der Waals surface area contributed by atoms with Crippen molar-refractivity contribution in [2.75, 3.05) is 20.8 Å². The third-order valence-electron chi connectivity index (χ3n) is 4.29. The van der Waals surface area contributed by atoms with Crippen LogP contribution in [0, 0.1) is 6.92 Å². The monoisotopic (exact) mass is 327 g/mol. The van der Waals surface area contributed by atoms with Gasteiger partial charge in [0.05, 0.1) is 30.9 Å². The van der Waals surface area contributed by atoms with Gasteiger partial charge in [0.1, 0.15) is 12.4 Å². The highest BCUT2D eigenvalue weighted by atomic mass is 16.5. The fraction of sp³-hybridized carbons (Fsp3) is 0.333. The molecule has 0 radical (unpaired) electrons. The van der Waals surface area contributed by atoms with Crippen LogP contribution >= 0.6 is 0 Å². The molecular formula is C18H21N3O3. The molecule has 0 fully saturated rings. The van der Waals surface area contributed by atoms with Crippen molar-refractivity contribution in [3.63, 3.8) is 0 Å². The van der Waals surface area contributed by atoms with Crippen LogP contribution in [-0.2, 0) is 11.4 Å². The number of aromatic nitrogens is 2. The molecule has 2 heterocycles. The molecule has 0 atom stereocenters. The van der Waals surface area contributed by atoms with E-state index in [2.05, 4.69) is 9.55 Å². The molecule has 126 valence electrons. The van der Waals surface area contributed by atoms with E-state index in [0.29, 0.717) is 13.2 Å². The number of nitrogens with zero attached hydrogens (tertiary/aromatic N) is 3. The molecule has 0 aliphatic rings. The molecule has 0 bridgehead atoms. The highest BCUT2D eigenvalue weighted by Crippen LogP contribution is 2.32. The SMILES string of the molecule is CCN(Cn1c2cc(OC)ccc2c2ccnc(C)c21)C(=O)OC. The zero-order valence-corrected chi connectivity index (χ0v) is 14.4. The van der Waals surface area contributed by atoms with Crippen molar-refractivity contribution in [2.45, 2.75) is 20.5 Å². The van der Waals surface area contributed by atoms with Crippen molar-refractivity contribution >= 4 is 27.9 Å². The van der Waals surface area contributed by atoms with Gasteiger partial charge in [0.25, 0.3) is 0 Å². The number of pyridine rings is 1. The number of benzene rings is 1. The van der Waals surface area contributed by atoms with Crippen LogP contribution < -0.4 is 4.74 Å². The second kappa shape index (κ2) is 6.39.